The molecule has 0 spiro atoms. The van der Waals surface area contributed by atoms with Gasteiger partial charge in [0, 0.05) is 39.0 Å². The Kier molecular flexibility index (Phi) is 7.67. The highest BCUT2D eigenvalue weighted by atomic mass is 32.2. The molecule has 0 aliphatic carbocycles. The molecule has 0 atom stereocenters. The highest BCUT2D eigenvalue weighted by Crippen LogP contribution is 2.30. The molecule has 168 valence electrons. The first kappa shape index (κ1) is 23.9. The molecule has 12 heteroatoms. The van der Waals surface area contributed by atoms with Crippen LogP contribution in [-0.2, 0) is 14.6 Å². The van der Waals surface area contributed by atoms with Crippen molar-refractivity contribution in [3.8, 4) is 0 Å². The van der Waals surface area contributed by atoms with Crippen molar-refractivity contribution in [2.45, 2.75) is 43.7 Å². The lowest BCUT2D eigenvalue weighted by atomic mass is 9.96. The molecule has 0 radical (unpaired) electrons. The predicted octanol–water partition coefficient (Wildman–Crippen LogP) is 3.38. The molecule has 1 saturated heterocycles. The zero-order chi connectivity index (χ0) is 22.5. The maximum Gasteiger partial charge on any atom is 0.389 e. The number of anilines is 1. The van der Waals surface area contributed by atoms with Gasteiger partial charge in [0.2, 0.25) is 5.91 Å². The Morgan fingerprint density at radius 3 is 2.47 bits per heavy atom. The molecule has 1 amide bonds. The van der Waals surface area contributed by atoms with Gasteiger partial charge < -0.3 is 10.2 Å². The third-order valence-electron chi connectivity index (χ3n) is 5.04. The quantitative estimate of drug-likeness (QED) is 0.479. The van der Waals surface area contributed by atoms with E-state index in [1.54, 1.807) is 4.90 Å². The second-order valence-electron chi connectivity index (χ2n) is 7.30. The molecule has 1 fully saturated rings. The SMILES string of the molecule is CC(=O)N1CCC(CNc2ccc(S(=O)(=O)CCCC(F)(F)F)cc2[N+](=O)[O-])CC1. The number of likely N-dealkylation sites (tertiary alicyclic amines) is 1. The van der Waals surface area contributed by atoms with Crippen molar-refractivity contribution in [1.29, 1.82) is 0 Å². The van der Waals surface area contributed by atoms with Crippen LogP contribution in [0, 0.1) is 16.0 Å². The number of alkyl halides is 3. The van der Waals surface area contributed by atoms with E-state index in [1.807, 2.05) is 0 Å². The highest BCUT2D eigenvalue weighted by molar-refractivity contribution is 7.91. The average molecular weight is 451 g/mol. The van der Waals surface area contributed by atoms with Crippen LogP contribution >= 0.6 is 0 Å². The minimum absolute atomic E-state index is 0.00378. The van der Waals surface area contributed by atoms with Crippen molar-refractivity contribution in [3.63, 3.8) is 0 Å². The second-order valence-corrected chi connectivity index (χ2v) is 9.41. The van der Waals surface area contributed by atoms with Crippen LogP contribution in [0.3, 0.4) is 0 Å². The van der Waals surface area contributed by atoms with Crippen molar-refractivity contribution in [2.24, 2.45) is 5.92 Å². The number of carbonyl (C=O) groups is 1. The van der Waals surface area contributed by atoms with Gasteiger partial charge in [-0.2, -0.15) is 13.2 Å². The minimum Gasteiger partial charge on any atom is -0.379 e. The highest BCUT2D eigenvalue weighted by Gasteiger charge is 2.29. The molecule has 2 rings (SSSR count). The molecular weight excluding hydrogens is 427 g/mol. The van der Waals surface area contributed by atoms with E-state index in [2.05, 4.69) is 5.32 Å². The zero-order valence-corrected chi connectivity index (χ0v) is 17.3. The second kappa shape index (κ2) is 9.63. The molecule has 1 aliphatic rings. The van der Waals surface area contributed by atoms with Crippen molar-refractivity contribution in [2.75, 3.05) is 30.7 Å². The monoisotopic (exact) mass is 451 g/mol. The number of hydrogen-bond acceptors (Lipinski definition) is 6. The third-order valence-corrected chi connectivity index (χ3v) is 6.84. The van der Waals surface area contributed by atoms with Crippen LogP contribution in [-0.4, -0.2) is 55.7 Å². The van der Waals surface area contributed by atoms with Gasteiger partial charge in [-0.1, -0.05) is 0 Å². The molecular formula is C18H24F3N3O5S. The van der Waals surface area contributed by atoms with E-state index >= 15 is 0 Å². The number of amides is 1. The van der Waals surface area contributed by atoms with Crippen molar-refractivity contribution >= 4 is 27.1 Å². The Morgan fingerprint density at radius 1 is 1.30 bits per heavy atom. The average Bonchev–Trinajstić information content (AvgIpc) is 2.65. The summed E-state index contributed by atoms with van der Waals surface area (Å²) in [4.78, 5) is 23.4. The van der Waals surface area contributed by atoms with Crippen LogP contribution in [0.5, 0.6) is 0 Å². The number of nitrogens with zero attached hydrogens (tertiary/aromatic N) is 2. The maximum atomic E-state index is 12.3. The van der Waals surface area contributed by atoms with Gasteiger partial charge in [0.05, 0.1) is 15.6 Å². The number of nitro benzene ring substituents is 1. The summed E-state index contributed by atoms with van der Waals surface area (Å²) in [5.74, 6) is -0.541. The zero-order valence-electron chi connectivity index (χ0n) is 16.4. The fraction of sp³-hybridized carbons (Fsp3) is 0.611. The number of piperidine rings is 1. The van der Waals surface area contributed by atoms with Crippen LogP contribution in [0.15, 0.2) is 23.1 Å². The molecule has 0 bridgehead atoms. The molecule has 1 heterocycles. The number of carbonyl (C=O) groups excluding carboxylic acids is 1. The maximum absolute atomic E-state index is 12.3. The fourth-order valence-corrected chi connectivity index (χ4v) is 4.62. The summed E-state index contributed by atoms with van der Waals surface area (Å²) in [6, 6.07) is 3.31. The van der Waals surface area contributed by atoms with Gasteiger partial charge in [-0.05, 0) is 37.3 Å². The summed E-state index contributed by atoms with van der Waals surface area (Å²) in [6.07, 6.45) is -4.83. The smallest absolute Gasteiger partial charge is 0.379 e. The van der Waals surface area contributed by atoms with Gasteiger partial charge in [-0.15, -0.1) is 0 Å². The van der Waals surface area contributed by atoms with E-state index in [0.717, 1.165) is 25.0 Å². The first-order valence-corrected chi connectivity index (χ1v) is 11.1. The van der Waals surface area contributed by atoms with Gasteiger partial charge in [0.15, 0.2) is 9.84 Å². The molecule has 1 aromatic carbocycles. The van der Waals surface area contributed by atoms with Crippen LogP contribution < -0.4 is 5.32 Å². The van der Waals surface area contributed by atoms with E-state index in [1.165, 1.54) is 13.0 Å². The Bertz CT molecular complexity index is 882. The summed E-state index contributed by atoms with van der Waals surface area (Å²) < 4.78 is 61.2. The molecule has 0 unspecified atom stereocenters. The number of sulfone groups is 1. The first-order valence-electron chi connectivity index (χ1n) is 9.46. The lowest BCUT2D eigenvalue weighted by Crippen LogP contribution is -2.38. The minimum atomic E-state index is -4.46. The lowest BCUT2D eigenvalue weighted by Gasteiger charge is -2.31. The van der Waals surface area contributed by atoms with Crippen LogP contribution in [0.2, 0.25) is 0 Å². The van der Waals surface area contributed by atoms with Crippen LogP contribution in [0.1, 0.15) is 32.6 Å². The number of hydrogen-bond donors (Lipinski definition) is 1. The van der Waals surface area contributed by atoms with E-state index in [0.29, 0.717) is 19.6 Å². The van der Waals surface area contributed by atoms with E-state index in [9.17, 15) is 36.5 Å². The number of nitrogens with one attached hydrogen (secondary N) is 1. The molecule has 8 nitrogen and oxygen atoms in total. The van der Waals surface area contributed by atoms with Gasteiger partial charge in [0.25, 0.3) is 5.69 Å². The molecule has 30 heavy (non-hydrogen) atoms. The summed E-state index contributed by atoms with van der Waals surface area (Å²) >= 11 is 0. The number of halogens is 3. The standard InChI is InChI=1S/C18H24F3N3O5S/c1-13(25)23-8-5-14(6-9-23)12-22-16-4-3-15(11-17(16)24(26)27)30(28,29)10-2-7-18(19,20)21/h3-4,11,14,22H,2,5-10,12H2,1H3. The topological polar surface area (TPSA) is 110 Å². The summed E-state index contributed by atoms with van der Waals surface area (Å²) in [6.45, 7) is 3.14. The largest absolute Gasteiger partial charge is 0.389 e. The molecule has 0 aromatic heterocycles. The van der Waals surface area contributed by atoms with Gasteiger partial charge >= 0.3 is 6.18 Å². The van der Waals surface area contributed by atoms with Crippen LogP contribution in [0.25, 0.3) is 0 Å². The summed E-state index contributed by atoms with van der Waals surface area (Å²) in [5.41, 5.74) is -0.309. The molecule has 1 aromatic rings. The van der Waals surface area contributed by atoms with Crippen LogP contribution in [0.4, 0.5) is 24.5 Å². The Labute approximate surface area is 172 Å². The van der Waals surface area contributed by atoms with Gasteiger partial charge in [-0.25, -0.2) is 8.42 Å². The normalized spacial score (nSPS) is 15.8. The Hall–Kier alpha value is -2.37. The third kappa shape index (κ3) is 6.85. The lowest BCUT2D eigenvalue weighted by molar-refractivity contribution is -0.384. The van der Waals surface area contributed by atoms with Crippen molar-refractivity contribution in [3.05, 3.63) is 28.3 Å². The van der Waals surface area contributed by atoms with Crippen molar-refractivity contribution in [1.82, 2.24) is 4.90 Å². The van der Waals surface area contributed by atoms with Crippen molar-refractivity contribution < 1.29 is 31.3 Å². The van der Waals surface area contributed by atoms with Gasteiger partial charge in [-0.3, -0.25) is 14.9 Å². The Balaban J connectivity index is 2.04. The summed E-state index contributed by atoms with van der Waals surface area (Å²) in [7, 11) is -4.07. The van der Waals surface area contributed by atoms with E-state index in [4.69, 9.17) is 0 Å². The first-order chi connectivity index (χ1) is 13.9. The van der Waals surface area contributed by atoms with E-state index in [-0.39, 0.29) is 22.4 Å². The Morgan fingerprint density at radius 2 is 1.93 bits per heavy atom. The summed E-state index contributed by atoms with van der Waals surface area (Å²) in [5, 5.41) is 14.4. The number of nitro groups is 1. The molecule has 0 saturated carbocycles. The predicted molar refractivity (Wildman–Crippen MR) is 104 cm³/mol. The number of rotatable bonds is 8. The number of benzene rings is 1. The fourth-order valence-electron chi connectivity index (χ4n) is 3.29. The van der Waals surface area contributed by atoms with Gasteiger partial charge in [0.1, 0.15) is 5.69 Å². The molecule has 1 aliphatic heterocycles. The molecule has 1 N–H and O–H groups in total. The van der Waals surface area contributed by atoms with E-state index < -0.39 is 45.2 Å².